The smallest absolute Gasteiger partial charge is 0.274 e. The van der Waals surface area contributed by atoms with Gasteiger partial charge in [0.1, 0.15) is 5.69 Å². The van der Waals surface area contributed by atoms with Gasteiger partial charge in [-0.3, -0.25) is 9.78 Å². The fourth-order valence-electron chi connectivity index (χ4n) is 2.95. The average Bonchev–Trinajstić information content (AvgIpc) is 3.13. The number of amides is 1. The van der Waals surface area contributed by atoms with Crippen LogP contribution in [0.25, 0.3) is 0 Å². The van der Waals surface area contributed by atoms with Crippen molar-refractivity contribution in [2.45, 2.75) is 45.1 Å². The summed E-state index contributed by atoms with van der Waals surface area (Å²) in [6.07, 6.45) is 4.09. The van der Waals surface area contributed by atoms with E-state index in [0.29, 0.717) is 5.69 Å². The number of nitrogens with zero attached hydrogens (tertiary/aromatic N) is 1. The van der Waals surface area contributed by atoms with Crippen LogP contribution in [-0.4, -0.2) is 30.1 Å². The zero-order valence-corrected chi connectivity index (χ0v) is 15.7. The molecule has 0 spiro atoms. The summed E-state index contributed by atoms with van der Waals surface area (Å²) in [4.78, 5) is 16.7. The number of nitrogens with one attached hydrogen (secondary N) is 2. The van der Waals surface area contributed by atoms with E-state index in [-0.39, 0.29) is 17.4 Å². The van der Waals surface area contributed by atoms with Crippen LogP contribution in [0.2, 0.25) is 0 Å². The Morgan fingerprint density at radius 1 is 1.19 bits per heavy atom. The molecule has 1 atom stereocenters. The van der Waals surface area contributed by atoms with Gasteiger partial charge >= 0.3 is 0 Å². The van der Waals surface area contributed by atoms with E-state index in [1.165, 1.54) is 5.56 Å². The van der Waals surface area contributed by atoms with Crippen molar-refractivity contribution >= 4 is 17.3 Å². The van der Waals surface area contributed by atoms with E-state index in [2.05, 4.69) is 36.4 Å². The minimum atomic E-state index is -0.214. The van der Waals surface area contributed by atoms with Crippen LogP contribution < -0.4 is 10.6 Å². The Balaban J connectivity index is 1.61. The van der Waals surface area contributed by atoms with Crippen molar-refractivity contribution in [3.63, 3.8) is 0 Å². The normalized spacial score (nSPS) is 17.1. The Labute approximate surface area is 155 Å². The fraction of sp³-hybridized carbons (Fsp3) is 0.429. The molecule has 3 rings (SSSR count). The number of rotatable bonds is 5. The predicted octanol–water partition coefficient (Wildman–Crippen LogP) is 4.22. The maximum Gasteiger partial charge on any atom is 0.274 e. The Bertz CT molecular complexity index is 745. The number of hydrogen-bond acceptors (Lipinski definition) is 4. The molecule has 138 valence electrons. The zero-order chi connectivity index (χ0) is 18.6. The Morgan fingerprint density at radius 3 is 2.62 bits per heavy atom. The van der Waals surface area contributed by atoms with E-state index in [1.807, 2.05) is 30.3 Å². The monoisotopic (exact) mass is 353 g/mol. The van der Waals surface area contributed by atoms with E-state index in [4.69, 9.17) is 4.74 Å². The number of benzene rings is 1. The number of carbonyl (C=O) groups excluding carboxylic acids is 1. The second-order valence-electron chi connectivity index (χ2n) is 7.73. The summed E-state index contributed by atoms with van der Waals surface area (Å²) in [6, 6.07) is 11.6. The molecule has 5 heteroatoms. The predicted molar refractivity (Wildman–Crippen MR) is 105 cm³/mol. The van der Waals surface area contributed by atoms with Gasteiger partial charge in [0.05, 0.1) is 6.10 Å². The molecule has 2 heterocycles. The van der Waals surface area contributed by atoms with Crippen molar-refractivity contribution in [2.75, 3.05) is 23.8 Å². The van der Waals surface area contributed by atoms with Gasteiger partial charge in [0.2, 0.25) is 0 Å². The third kappa shape index (κ3) is 4.82. The number of hydrogen-bond donors (Lipinski definition) is 2. The van der Waals surface area contributed by atoms with Gasteiger partial charge in [-0.1, -0.05) is 32.9 Å². The van der Waals surface area contributed by atoms with Crippen LogP contribution in [0.15, 0.2) is 42.6 Å². The molecule has 2 N–H and O–H groups in total. The lowest BCUT2D eigenvalue weighted by molar-refractivity contribution is 0.102. The van der Waals surface area contributed by atoms with E-state index >= 15 is 0 Å². The second-order valence-corrected chi connectivity index (χ2v) is 7.73. The van der Waals surface area contributed by atoms with Gasteiger partial charge in [-0.2, -0.15) is 0 Å². The van der Waals surface area contributed by atoms with E-state index < -0.39 is 0 Å². The minimum absolute atomic E-state index is 0.0904. The highest BCUT2D eigenvalue weighted by Gasteiger charge is 2.16. The van der Waals surface area contributed by atoms with E-state index in [1.54, 1.807) is 12.3 Å². The molecule has 0 bridgehead atoms. The molecule has 1 aliphatic heterocycles. The first-order chi connectivity index (χ1) is 12.4. The largest absolute Gasteiger partial charge is 0.382 e. The Hall–Kier alpha value is -2.40. The molecule has 2 aromatic rings. The highest BCUT2D eigenvalue weighted by Crippen LogP contribution is 2.23. The summed E-state index contributed by atoms with van der Waals surface area (Å²) in [5, 5.41) is 6.23. The maximum absolute atomic E-state index is 12.5. The summed E-state index contributed by atoms with van der Waals surface area (Å²) in [6.45, 7) is 8.09. The van der Waals surface area contributed by atoms with Gasteiger partial charge < -0.3 is 15.4 Å². The molecule has 1 fully saturated rings. The number of carbonyl (C=O) groups is 1. The molecule has 26 heavy (non-hydrogen) atoms. The average molecular weight is 353 g/mol. The highest BCUT2D eigenvalue weighted by molar-refractivity contribution is 6.03. The molecule has 1 aromatic carbocycles. The van der Waals surface area contributed by atoms with Crippen LogP contribution in [0.3, 0.4) is 0 Å². The Morgan fingerprint density at radius 2 is 1.96 bits per heavy atom. The molecule has 1 saturated heterocycles. The quantitative estimate of drug-likeness (QED) is 0.845. The van der Waals surface area contributed by atoms with Crippen molar-refractivity contribution in [1.82, 2.24) is 4.98 Å². The molecular weight excluding hydrogens is 326 g/mol. The molecule has 1 unspecified atom stereocenters. The van der Waals surface area contributed by atoms with Crippen LogP contribution in [0.4, 0.5) is 11.4 Å². The SMILES string of the molecule is CC(C)(C)c1ccc(NC(=O)c2cc(NCC3CCCO3)ccn2)cc1. The molecule has 1 aromatic heterocycles. The van der Waals surface area contributed by atoms with Crippen LogP contribution in [-0.2, 0) is 10.2 Å². The third-order valence-corrected chi connectivity index (χ3v) is 4.56. The lowest BCUT2D eigenvalue weighted by Gasteiger charge is -2.19. The van der Waals surface area contributed by atoms with E-state index in [9.17, 15) is 4.79 Å². The van der Waals surface area contributed by atoms with Crippen LogP contribution in [0.5, 0.6) is 0 Å². The van der Waals surface area contributed by atoms with Gasteiger partial charge in [0.15, 0.2) is 0 Å². The number of anilines is 2. The molecule has 1 aliphatic rings. The van der Waals surface area contributed by atoms with Gasteiger partial charge in [-0.05, 0) is 48.1 Å². The number of ether oxygens (including phenoxy) is 1. The molecular formula is C21H27N3O2. The summed E-state index contributed by atoms with van der Waals surface area (Å²) < 4.78 is 5.61. The first kappa shape index (κ1) is 18.4. The topological polar surface area (TPSA) is 63.2 Å². The first-order valence-corrected chi connectivity index (χ1v) is 9.15. The summed E-state index contributed by atoms with van der Waals surface area (Å²) in [5.41, 5.74) is 3.36. The molecule has 1 amide bonds. The van der Waals surface area contributed by atoms with Crippen LogP contribution in [0, 0.1) is 0 Å². The molecule has 0 saturated carbocycles. The maximum atomic E-state index is 12.5. The summed E-state index contributed by atoms with van der Waals surface area (Å²) in [5.74, 6) is -0.214. The molecule has 0 radical (unpaired) electrons. The second kappa shape index (κ2) is 7.87. The van der Waals surface area contributed by atoms with E-state index in [0.717, 1.165) is 37.4 Å². The van der Waals surface area contributed by atoms with Crippen molar-refractivity contribution in [2.24, 2.45) is 0 Å². The number of aromatic nitrogens is 1. The molecule has 5 nitrogen and oxygen atoms in total. The lowest BCUT2D eigenvalue weighted by Crippen LogP contribution is -2.19. The van der Waals surface area contributed by atoms with Crippen molar-refractivity contribution in [1.29, 1.82) is 0 Å². The van der Waals surface area contributed by atoms with Gasteiger partial charge in [0.25, 0.3) is 5.91 Å². The van der Waals surface area contributed by atoms with Gasteiger partial charge in [-0.25, -0.2) is 0 Å². The van der Waals surface area contributed by atoms with Crippen molar-refractivity contribution in [3.8, 4) is 0 Å². The van der Waals surface area contributed by atoms with Gasteiger partial charge in [-0.15, -0.1) is 0 Å². The standard InChI is InChI=1S/C21H27N3O2/c1-21(2,3)15-6-8-16(9-7-15)24-20(25)19-13-17(10-11-22-19)23-14-18-5-4-12-26-18/h6-11,13,18H,4-5,12,14H2,1-3H3,(H,22,23)(H,24,25). The minimum Gasteiger partial charge on any atom is -0.382 e. The summed E-state index contributed by atoms with van der Waals surface area (Å²) >= 11 is 0. The van der Waals surface area contributed by atoms with Crippen LogP contribution >= 0.6 is 0 Å². The zero-order valence-electron chi connectivity index (χ0n) is 15.7. The number of pyridine rings is 1. The van der Waals surface area contributed by atoms with Crippen molar-refractivity contribution in [3.05, 3.63) is 53.9 Å². The third-order valence-electron chi connectivity index (χ3n) is 4.56. The lowest BCUT2D eigenvalue weighted by atomic mass is 9.87. The van der Waals surface area contributed by atoms with Crippen LogP contribution in [0.1, 0.15) is 49.7 Å². The fourth-order valence-corrected chi connectivity index (χ4v) is 2.95. The Kier molecular flexibility index (Phi) is 5.57. The van der Waals surface area contributed by atoms with Crippen molar-refractivity contribution < 1.29 is 9.53 Å². The first-order valence-electron chi connectivity index (χ1n) is 9.15. The highest BCUT2D eigenvalue weighted by atomic mass is 16.5. The van der Waals surface area contributed by atoms with Gasteiger partial charge in [0, 0.05) is 30.7 Å². The molecule has 0 aliphatic carbocycles. The summed E-state index contributed by atoms with van der Waals surface area (Å²) in [7, 11) is 0.